The summed E-state index contributed by atoms with van der Waals surface area (Å²) in [7, 11) is 0. The molecule has 3 aliphatic carbocycles. The molecule has 3 fully saturated rings. The number of ether oxygens (including phenoxy) is 1. The predicted octanol–water partition coefficient (Wildman–Crippen LogP) is 1.22. The Morgan fingerprint density at radius 1 is 1.52 bits per heavy atom. The molecule has 6 nitrogen and oxygen atoms in total. The van der Waals surface area contributed by atoms with Gasteiger partial charge in [0, 0.05) is 6.54 Å². The molecule has 3 saturated carbocycles. The fourth-order valence-corrected chi connectivity index (χ4v) is 4.33. The summed E-state index contributed by atoms with van der Waals surface area (Å²) in [6.07, 6.45) is 3.87. The van der Waals surface area contributed by atoms with Crippen LogP contribution in [0.4, 0.5) is 10.1 Å². The van der Waals surface area contributed by atoms with E-state index < -0.39 is 0 Å². The van der Waals surface area contributed by atoms with Crippen LogP contribution >= 0.6 is 0 Å². The van der Waals surface area contributed by atoms with Crippen LogP contribution in [0.15, 0.2) is 11.2 Å². The Hall–Kier alpha value is -2.02. The summed E-state index contributed by atoms with van der Waals surface area (Å²) in [5, 5.41) is 3.78. The third-order valence-electron chi connectivity index (χ3n) is 5.45. The van der Waals surface area contributed by atoms with Crippen LogP contribution in [0.1, 0.15) is 30.4 Å². The standard InChI is InChI=1S/C16H22FN5O/c1-9-4-11-14(12(13(9)17)15(18)20-21-19)22(2-3-23-11)8-16-5-10(6-16)7-16/h4,10,21H,2-3,5-8,19H2,1H3,(H2,18,20). The molecule has 0 spiro atoms. The Bertz CT molecular complexity index is 673. The number of fused-ring (bicyclic) bond motifs is 1. The molecule has 5 N–H and O–H groups in total. The number of halogens is 1. The van der Waals surface area contributed by atoms with Crippen molar-refractivity contribution in [2.45, 2.75) is 26.2 Å². The summed E-state index contributed by atoms with van der Waals surface area (Å²) in [5.74, 6) is 6.48. The molecule has 1 aromatic rings. The number of nitrogens with zero attached hydrogens (tertiary/aromatic N) is 2. The summed E-state index contributed by atoms with van der Waals surface area (Å²) in [4.78, 5) is 2.21. The number of hydrogen-bond acceptors (Lipinski definition) is 5. The molecular weight excluding hydrogens is 297 g/mol. The predicted molar refractivity (Wildman–Crippen MR) is 86.7 cm³/mol. The molecule has 1 heterocycles. The van der Waals surface area contributed by atoms with Crippen molar-refractivity contribution >= 4 is 11.5 Å². The number of hydrazone groups is 1. The summed E-state index contributed by atoms with van der Waals surface area (Å²) in [6, 6.07) is 1.74. The fourth-order valence-electron chi connectivity index (χ4n) is 4.33. The number of rotatable bonds is 4. The van der Waals surface area contributed by atoms with E-state index in [0.717, 1.165) is 19.0 Å². The van der Waals surface area contributed by atoms with E-state index >= 15 is 0 Å². The molecule has 1 aliphatic heterocycles. The minimum atomic E-state index is -0.367. The first-order chi connectivity index (χ1) is 11.0. The number of hydrazine groups is 1. The van der Waals surface area contributed by atoms with Crippen molar-refractivity contribution in [3.63, 3.8) is 0 Å². The molecule has 0 aromatic heterocycles. The lowest BCUT2D eigenvalue weighted by atomic mass is 9.44. The Morgan fingerprint density at radius 2 is 2.26 bits per heavy atom. The van der Waals surface area contributed by atoms with Gasteiger partial charge < -0.3 is 15.4 Å². The number of benzene rings is 1. The molecule has 23 heavy (non-hydrogen) atoms. The molecule has 1 aromatic carbocycles. The van der Waals surface area contributed by atoms with E-state index in [2.05, 4.69) is 15.5 Å². The van der Waals surface area contributed by atoms with Crippen LogP contribution in [-0.4, -0.2) is 25.5 Å². The van der Waals surface area contributed by atoms with Crippen LogP contribution in [0.5, 0.6) is 5.75 Å². The van der Waals surface area contributed by atoms with Gasteiger partial charge in [-0.05, 0) is 49.1 Å². The molecule has 5 rings (SSSR count). The number of amidine groups is 1. The van der Waals surface area contributed by atoms with Gasteiger partial charge in [0.2, 0.25) is 0 Å². The Labute approximate surface area is 134 Å². The molecular formula is C16H22FN5O. The van der Waals surface area contributed by atoms with Crippen LogP contribution < -0.4 is 26.7 Å². The van der Waals surface area contributed by atoms with E-state index in [1.807, 2.05) is 0 Å². The molecule has 2 bridgehead atoms. The van der Waals surface area contributed by atoms with Crippen molar-refractivity contribution in [1.29, 1.82) is 0 Å². The van der Waals surface area contributed by atoms with E-state index in [1.54, 1.807) is 13.0 Å². The second kappa shape index (κ2) is 4.99. The lowest BCUT2D eigenvalue weighted by Gasteiger charge is -2.63. The quantitative estimate of drug-likeness (QED) is 0.336. The van der Waals surface area contributed by atoms with E-state index in [1.165, 1.54) is 19.3 Å². The smallest absolute Gasteiger partial charge is 0.157 e. The van der Waals surface area contributed by atoms with Crippen LogP contribution in [0.3, 0.4) is 0 Å². The van der Waals surface area contributed by atoms with Gasteiger partial charge >= 0.3 is 0 Å². The van der Waals surface area contributed by atoms with E-state index in [4.69, 9.17) is 16.3 Å². The molecule has 4 aliphatic rings. The Balaban J connectivity index is 1.78. The highest BCUT2D eigenvalue weighted by molar-refractivity contribution is 6.04. The fraction of sp³-hybridized carbons (Fsp3) is 0.562. The van der Waals surface area contributed by atoms with Crippen LogP contribution in [0.25, 0.3) is 0 Å². The van der Waals surface area contributed by atoms with Crippen molar-refractivity contribution in [3.05, 3.63) is 23.0 Å². The van der Waals surface area contributed by atoms with Gasteiger partial charge in [-0.2, -0.15) is 0 Å². The number of aryl methyl sites for hydroxylation is 1. The van der Waals surface area contributed by atoms with Gasteiger partial charge in [-0.3, -0.25) is 0 Å². The maximum atomic E-state index is 14.8. The second-order valence-electron chi connectivity index (χ2n) is 7.10. The highest BCUT2D eigenvalue weighted by Gasteiger charge is 2.57. The maximum absolute atomic E-state index is 14.8. The van der Waals surface area contributed by atoms with Crippen LogP contribution in [0, 0.1) is 24.1 Å². The Morgan fingerprint density at radius 3 is 2.87 bits per heavy atom. The van der Waals surface area contributed by atoms with E-state index in [9.17, 15) is 4.39 Å². The third-order valence-corrected chi connectivity index (χ3v) is 5.45. The highest BCUT2D eigenvalue weighted by Crippen LogP contribution is 2.65. The third kappa shape index (κ3) is 2.14. The SMILES string of the molecule is Cc1cc2c(c(/C(N)=N/NN)c1F)N(CC13CC(C1)C3)CCO2. The van der Waals surface area contributed by atoms with Gasteiger partial charge in [-0.1, -0.05) is 0 Å². The normalized spacial score (nSPS) is 28.4. The number of nitrogens with one attached hydrogen (secondary N) is 1. The molecule has 0 atom stereocenters. The van der Waals surface area contributed by atoms with Gasteiger partial charge in [0.1, 0.15) is 18.2 Å². The summed E-state index contributed by atoms with van der Waals surface area (Å²) < 4.78 is 20.5. The number of hydrogen-bond donors (Lipinski definition) is 3. The van der Waals surface area contributed by atoms with Gasteiger partial charge in [0.05, 0.1) is 17.8 Å². The molecule has 0 saturated heterocycles. The topological polar surface area (TPSA) is 88.9 Å². The first kappa shape index (κ1) is 14.6. The molecule has 0 radical (unpaired) electrons. The monoisotopic (exact) mass is 319 g/mol. The molecule has 0 unspecified atom stereocenters. The van der Waals surface area contributed by atoms with E-state index in [-0.39, 0.29) is 17.2 Å². The highest BCUT2D eigenvalue weighted by atomic mass is 19.1. The second-order valence-corrected chi connectivity index (χ2v) is 7.10. The zero-order valence-corrected chi connectivity index (χ0v) is 13.2. The van der Waals surface area contributed by atoms with Gasteiger partial charge in [0.25, 0.3) is 0 Å². The Kier molecular flexibility index (Phi) is 3.16. The maximum Gasteiger partial charge on any atom is 0.157 e. The van der Waals surface area contributed by atoms with Crippen molar-refractivity contribution in [2.24, 2.45) is 28.0 Å². The van der Waals surface area contributed by atoms with Crippen LogP contribution in [-0.2, 0) is 0 Å². The minimum Gasteiger partial charge on any atom is -0.490 e. The van der Waals surface area contributed by atoms with Gasteiger partial charge in [-0.25, -0.2) is 15.8 Å². The van der Waals surface area contributed by atoms with Gasteiger partial charge in [-0.15, -0.1) is 5.10 Å². The van der Waals surface area contributed by atoms with E-state index in [0.29, 0.717) is 29.0 Å². The molecule has 124 valence electrons. The largest absolute Gasteiger partial charge is 0.490 e. The number of anilines is 1. The summed E-state index contributed by atoms with van der Waals surface area (Å²) in [5.41, 5.74) is 10.0. The van der Waals surface area contributed by atoms with Crippen molar-refractivity contribution in [2.75, 3.05) is 24.6 Å². The molecule has 0 amide bonds. The first-order valence-electron chi connectivity index (χ1n) is 8.03. The average Bonchev–Trinajstić information content (AvgIpc) is 2.43. The molecule has 7 heteroatoms. The zero-order chi connectivity index (χ0) is 16.2. The van der Waals surface area contributed by atoms with Gasteiger partial charge in [0.15, 0.2) is 5.84 Å². The van der Waals surface area contributed by atoms with Crippen molar-refractivity contribution in [3.8, 4) is 5.75 Å². The van der Waals surface area contributed by atoms with Crippen molar-refractivity contribution in [1.82, 2.24) is 5.53 Å². The summed E-state index contributed by atoms with van der Waals surface area (Å²) in [6.45, 7) is 3.96. The summed E-state index contributed by atoms with van der Waals surface area (Å²) >= 11 is 0. The minimum absolute atomic E-state index is 0.0399. The van der Waals surface area contributed by atoms with Crippen molar-refractivity contribution < 1.29 is 9.13 Å². The average molecular weight is 319 g/mol. The zero-order valence-electron chi connectivity index (χ0n) is 13.2. The van der Waals surface area contributed by atoms with Crippen LogP contribution in [0.2, 0.25) is 0 Å². The lowest BCUT2D eigenvalue weighted by molar-refractivity contribution is -0.0980. The lowest BCUT2D eigenvalue weighted by Crippen LogP contribution is -2.58. The number of nitrogens with two attached hydrogens (primary N) is 2. The first-order valence-corrected chi connectivity index (χ1v) is 8.03.